The fourth-order valence-electron chi connectivity index (χ4n) is 5.55. The molecule has 1 amide bonds. The summed E-state index contributed by atoms with van der Waals surface area (Å²) >= 11 is 5.96. The Morgan fingerprint density at radius 1 is 0.930 bits per heavy atom. The van der Waals surface area contributed by atoms with Gasteiger partial charge in [-0.2, -0.15) is 13.5 Å². The smallest absolute Gasteiger partial charge is 0.298 e. The van der Waals surface area contributed by atoms with E-state index in [0.717, 1.165) is 18.4 Å². The highest BCUT2D eigenvalue weighted by Crippen LogP contribution is 2.35. The van der Waals surface area contributed by atoms with Crippen LogP contribution in [0.1, 0.15) is 37.7 Å². The van der Waals surface area contributed by atoms with Gasteiger partial charge in [-0.15, -0.1) is 0 Å². The summed E-state index contributed by atoms with van der Waals surface area (Å²) in [5, 5.41) is 3.63. The summed E-state index contributed by atoms with van der Waals surface area (Å²) in [7, 11) is -4.50. The van der Waals surface area contributed by atoms with Gasteiger partial charge < -0.3 is 15.0 Å². The van der Waals surface area contributed by atoms with E-state index in [4.69, 9.17) is 16.3 Å². The van der Waals surface area contributed by atoms with Gasteiger partial charge in [-0.3, -0.25) is 4.79 Å². The topological polar surface area (TPSA) is 87.7 Å². The number of nitrogens with one attached hydrogen (secondary N) is 2. The van der Waals surface area contributed by atoms with Crippen molar-refractivity contribution in [2.45, 2.75) is 49.0 Å². The largest absolute Gasteiger partial charge is 0.493 e. The Kier molecular flexibility index (Phi) is 10.0. The summed E-state index contributed by atoms with van der Waals surface area (Å²) in [6.07, 6.45) is 5.82. The Labute approximate surface area is 256 Å². The van der Waals surface area contributed by atoms with E-state index < -0.39 is 33.5 Å². The number of sulfonamides is 1. The number of amides is 1. The standard InChI is InChI=1S/C32H36ClF2N3O4S/c33-27-12-8-25(9-13-27)24-6-10-26(11-7-24)32(34,35)30(31(39)38-20-18-36-19-21-38)37-43(40,41)29-16-14-28(15-17-29)42-22-23-4-2-1-3-5-23/h6-17,23,30,36-37H,1-5,18-22H2. The summed E-state index contributed by atoms with van der Waals surface area (Å²) in [6.45, 7) is 1.78. The Morgan fingerprint density at radius 2 is 1.51 bits per heavy atom. The second-order valence-corrected chi connectivity index (χ2v) is 13.3. The number of piperazine rings is 1. The lowest BCUT2D eigenvalue weighted by Crippen LogP contribution is -2.59. The van der Waals surface area contributed by atoms with Gasteiger partial charge in [0, 0.05) is 36.8 Å². The maximum Gasteiger partial charge on any atom is 0.298 e. The fraction of sp³-hybridized carbons (Fsp3) is 0.406. The lowest BCUT2D eigenvalue weighted by atomic mass is 9.90. The molecular weight excluding hydrogens is 596 g/mol. The Morgan fingerprint density at radius 3 is 2.12 bits per heavy atom. The lowest BCUT2D eigenvalue weighted by molar-refractivity contribution is -0.144. The number of benzene rings is 3. The van der Waals surface area contributed by atoms with Crippen molar-refractivity contribution in [2.75, 3.05) is 32.8 Å². The highest BCUT2D eigenvalue weighted by atomic mass is 35.5. The van der Waals surface area contributed by atoms with E-state index in [9.17, 15) is 13.2 Å². The number of carbonyl (C=O) groups excluding carboxylic acids is 1. The molecule has 1 atom stereocenters. The molecule has 11 heteroatoms. The first kappa shape index (κ1) is 31.4. The summed E-state index contributed by atoms with van der Waals surface area (Å²) < 4.78 is 67.1. The van der Waals surface area contributed by atoms with Gasteiger partial charge in [0.05, 0.1) is 11.5 Å². The van der Waals surface area contributed by atoms with Crippen LogP contribution in [0, 0.1) is 5.92 Å². The minimum absolute atomic E-state index is 0.190. The predicted molar refractivity (Wildman–Crippen MR) is 163 cm³/mol. The Bertz CT molecular complexity index is 1470. The number of ether oxygens (including phenoxy) is 1. The van der Waals surface area contributed by atoms with Crippen LogP contribution in [0.2, 0.25) is 5.02 Å². The fourth-order valence-corrected chi connectivity index (χ4v) is 6.86. The van der Waals surface area contributed by atoms with Gasteiger partial charge in [-0.05, 0) is 66.3 Å². The first-order chi connectivity index (χ1) is 20.6. The molecule has 1 saturated heterocycles. The molecule has 1 unspecified atom stereocenters. The number of nitrogens with zero attached hydrogens (tertiary/aromatic N) is 1. The molecule has 1 aliphatic heterocycles. The van der Waals surface area contributed by atoms with Crippen LogP contribution < -0.4 is 14.8 Å². The van der Waals surface area contributed by atoms with Gasteiger partial charge in [-0.1, -0.05) is 67.3 Å². The zero-order valence-electron chi connectivity index (χ0n) is 23.8. The van der Waals surface area contributed by atoms with Gasteiger partial charge in [0.15, 0.2) is 6.04 Å². The predicted octanol–water partition coefficient (Wildman–Crippen LogP) is 5.84. The highest BCUT2D eigenvalue weighted by Gasteiger charge is 2.49. The van der Waals surface area contributed by atoms with Crippen LogP contribution in [-0.4, -0.2) is 58.1 Å². The monoisotopic (exact) mass is 631 g/mol. The first-order valence-electron chi connectivity index (χ1n) is 14.6. The maximum absolute atomic E-state index is 16.2. The van der Waals surface area contributed by atoms with E-state index in [2.05, 4.69) is 10.0 Å². The number of alkyl halides is 2. The minimum atomic E-state index is -4.50. The van der Waals surface area contributed by atoms with E-state index >= 15 is 8.78 Å². The number of halogens is 3. The van der Waals surface area contributed by atoms with E-state index in [1.54, 1.807) is 24.3 Å². The van der Waals surface area contributed by atoms with Crippen molar-refractivity contribution >= 4 is 27.5 Å². The molecule has 7 nitrogen and oxygen atoms in total. The van der Waals surface area contributed by atoms with Crippen LogP contribution in [0.5, 0.6) is 5.75 Å². The van der Waals surface area contributed by atoms with Crippen LogP contribution in [0.3, 0.4) is 0 Å². The van der Waals surface area contributed by atoms with Crippen molar-refractivity contribution in [1.29, 1.82) is 0 Å². The summed E-state index contributed by atoms with van der Waals surface area (Å²) in [6, 6.07) is 15.7. The van der Waals surface area contributed by atoms with Gasteiger partial charge in [0.1, 0.15) is 5.75 Å². The Balaban J connectivity index is 1.36. The second kappa shape index (κ2) is 13.7. The molecular formula is C32H36ClF2N3O4S. The molecule has 0 bridgehead atoms. The van der Waals surface area contributed by atoms with Crippen molar-refractivity contribution in [3.05, 3.63) is 83.4 Å². The van der Waals surface area contributed by atoms with Crippen molar-refractivity contribution in [1.82, 2.24) is 14.9 Å². The van der Waals surface area contributed by atoms with E-state index in [-0.39, 0.29) is 18.0 Å². The van der Waals surface area contributed by atoms with E-state index in [1.807, 2.05) is 0 Å². The zero-order valence-corrected chi connectivity index (χ0v) is 25.3. The Hall–Kier alpha value is -3.05. The zero-order chi connectivity index (χ0) is 30.5. The maximum atomic E-state index is 16.2. The number of carbonyl (C=O) groups is 1. The average molecular weight is 632 g/mol. The molecule has 1 aliphatic carbocycles. The highest BCUT2D eigenvalue weighted by molar-refractivity contribution is 7.89. The van der Waals surface area contributed by atoms with Crippen molar-refractivity contribution in [3.8, 4) is 16.9 Å². The van der Waals surface area contributed by atoms with Crippen LogP contribution in [0.15, 0.2) is 77.7 Å². The third kappa shape index (κ3) is 7.73. The van der Waals surface area contributed by atoms with Gasteiger partial charge in [-0.25, -0.2) is 8.42 Å². The summed E-state index contributed by atoms with van der Waals surface area (Å²) in [5.74, 6) is -3.86. The molecule has 3 aromatic rings. The van der Waals surface area contributed by atoms with Crippen LogP contribution in [0.4, 0.5) is 8.78 Å². The summed E-state index contributed by atoms with van der Waals surface area (Å²) in [5.41, 5.74) is 0.972. The van der Waals surface area contributed by atoms with E-state index in [1.165, 1.54) is 72.7 Å². The molecule has 230 valence electrons. The number of hydrogen-bond donors (Lipinski definition) is 2. The van der Waals surface area contributed by atoms with E-state index in [0.29, 0.717) is 41.9 Å². The third-order valence-electron chi connectivity index (χ3n) is 8.10. The molecule has 2 aliphatic rings. The van der Waals surface area contributed by atoms with Gasteiger partial charge >= 0.3 is 0 Å². The van der Waals surface area contributed by atoms with Crippen LogP contribution in [0.25, 0.3) is 11.1 Å². The molecule has 1 saturated carbocycles. The molecule has 2 N–H and O–H groups in total. The molecule has 0 radical (unpaired) electrons. The van der Waals surface area contributed by atoms with Crippen LogP contribution in [-0.2, 0) is 20.7 Å². The normalized spacial score (nSPS) is 17.4. The van der Waals surface area contributed by atoms with Gasteiger partial charge in [0.2, 0.25) is 15.9 Å². The second-order valence-electron chi connectivity index (χ2n) is 11.1. The molecule has 0 spiro atoms. The van der Waals surface area contributed by atoms with Gasteiger partial charge in [0.25, 0.3) is 5.92 Å². The SMILES string of the molecule is O=C(C(NS(=O)(=O)c1ccc(OCC2CCCCC2)cc1)C(F)(F)c1ccc(-c2ccc(Cl)cc2)cc1)N1CCNCC1. The third-order valence-corrected chi connectivity index (χ3v) is 9.79. The van der Waals surface area contributed by atoms with Crippen LogP contribution >= 0.6 is 11.6 Å². The van der Waals surface area contributed by atoms with Crippen molar-refractivity contribution in [2.24, 2.45) is 5.92 Å². The molecule has 1 heterocycles. The average Bonchev–Trinajstić information content (AvgIpc) is 3.04. The number of hydrogen-bond acceptors (Lipinski definition) is 5. The molecule has 43 heavy (non-hydrogen) atoms. The quantitative estimate of drug-likeness (QED) is 0.294. The summed E-state index contributed by atoms with van der Waals surface area (Å²) in [4.78, 5) is 14.5. The number of rotatable bonds is 10. The van der Waals surface area contributed by atoms with Crippen molar-refractivity contribution < 1.29 is 26.7 Å². The van der Waals surface area contributed by atoms with Crippen molar-refractivity contribution in [3.63, 3.8) is 0 Å². The first-order valence-corrected chi connectivity index (χ1v) is 16.5. The minimum Gasteiger partial charge on any atom is -0.493 e. The molecule has 3 aromatic carbocycles. The molecule has 0 aromatic heterocycles. The molecule has 5 rings (SSSR count). The molecule has 2 fully saturated rings. The lowest BCUT2D eigenvalue weighted by Gasteiger charge is -2.34.